The van der Waals surface area contributed by atoms with E-state index in [1.54, 1.807) is 0 Å². The molecule has 1 amide bonds. The lowest BCUT2D eigenvalue weighted by atomic mass is 10.1. The first kappa shape index (κ1) is 12.9. The summed E-state index contributed by atoms with van der Waals surface area (Å²) in [5.41, 5.74) is 1.68. The van der Waals surface area contributed by atoms with Crippen molar-refractivity contribution >= 4 is 11.7 Å². The van der Waals surface area contributed by atoms with Crippen molar-refractivity contribution in [2.45, 2.75) is 39.2 Å². The smallest absolute Gasteiger partial charge is 0.251 e. The van der Waals surface area contributed by atoms with Crippen molar-refractivity contribution < 1.29 is 4.79 Å². The highest BCUT2D eigenvalue weighted by atomic mass is 16.1. The maximum atomic E-state index is 12.1. The third-order valence-corrected chi connectivity index (χ3v) is 3.33. The van der Waals surface area contributed by atoms with Gasteiger partial charge < -0.3 is 10.6 Å². The van der Waals surface area contributed by atoms with E-state index in [9.17, 15) is 4.79 Å². The maximum Gasteiger partial charge on any atom is 0.251 e. The molecule has 1 saturated carbocycles. The standard InChI is InChI=1S/C14H21N3O/c1-4-5-11-7-10(8-13(15-3)16-11)14(18)17-12-6-9(12)2/h7-9,12H,4-6H2,1-3H3,(H,15,16)(H,17,18). The zero-order valence-corrected chi connectivity index (χ0v) is 11.3. The highest BCUT2D eigenvalue weighted by Gasteiger charge is 2.34. The van der Waals surface area contributed by atoms with Gasteiger partial charge in [0.05, 0.1) is 0 Å². The van der Waals surface area contributed by atoms with E-state index in [1.807, 2.05) is 19.2 Å². The van der Waals surface area contributed by atoms with Crippen LogP contribution in [0.15, 0.2) is 12.1 Å². The highest BCUT2D eigenvalue weighted by Crippen LogP contribution is 2.29. The van der Waals surface area contributed by atoms with Crippen LogP contribution in [0.2, 0.25) is 0 Å². The molecule has 1 aliphatic carbocycles. The monoisotopic (exact) mass is 247 g/mol. The van der Waals surface area contributed by atoms with Crippen LogP contribution in [0, 0.1) is 5.92 Å². The lowest BCUT2D eigenvalue weighted by molar-refractivity contribution is 0.0949. The summed E-state index contributed by atoms with van der Waals surface area (Å²) in [7, 11) is 1.82. The molecule has 1 aromatic heterocycles. The Kier molecular flexibility index (Phi) is 3.84. The second-order valence-electron chi connectivity index (χ2n) is 5.03. The molecule has 4 nitrogen and oxygen atoms in total. The number of carbonyl (C=O) groups excluding carboxylic acids is 1. The number of hydrogen-bond acceptors (Lipinski definition) is 3. The summed E-state index contributed by atoms with van der Waals surface area (Å²) in [5, 5.41) is 6.05. The molecule has 1 aromatic rings. The van der Waals surface area contributed by atoms with Gasteiger partial charge in [-0.05, 0) is 30.9 Å². The van der Waals surface area contributed by atoms with Crippen molar-refractivity contribution in [3.63, 3.8) is 0 Å². The number of hydrogen-bond donors (Lipinski definition) is 2. The van der Waals surface area contributed by atoms with Crippen molar-refractivity contribution in [3.8, 4) is 0 Å². The summed E-state index contributed by atoms with van der Waals surface area (Å²) in [5.74, 6) is 1.39. The summed E-state index contributed by atoms with van der Waals surface area (Å²) in [6, 6.07) is 4.06. The molecule has 1 fully saturated rings. The number of rotatable bonds is 5. The van der Waals surface area contributed by atoms with E-state index in [1.165, 1.54) is 0 Å². The number of aryl methyl sites for hydroxylation is 1. The topological polar surface area (TPSA) is 54.0 Å². The fourth-order valence-corrected chi connectivity index (χ4v) is 2.01. The molecule has 0 spiro atoms. The Labute approximate surface area is 108 Å². The van der Waals surface area contributed by atoms with Crippen LogP contribution in [0.3, 0.4) is 0 Å². The molecule has 98 valence electrons. The van der Waals surface area contributed by atoms with Gasteiger partial charge in [0.15, 0.2) is 0 Å². The molecule has 0 bridgehead atoms. The summed E-state index contributed by atoms with van der Waals surface area (Å²) in [4.78, 5) is 16.5. The SMILES string of the molecule is CCCc1cc(C(=O)NC2CC2C)cc(NC)n1. The number of nitrogens with zero attached hydrogens (tertiary/aromatic N) is 1. The van der Waals surface area contributed by atoms with Crippen molar-refractivity contribution in [2.75, 3.05) is 12.4 Å². The largest absolute Gasteiger partial charge is 0.373 e. The molecule has 2 rings (SSSR count). The number of nitrogens with one attached hydrogen (secondary N) is 2. The zero-order chi connectivity index (χ0) is 13.1. The summed E-state index contributed by atoms with van der Waals surface area (Å²) in [6.45, 7) is 4.26. The Morgan fingerprint density at radius 2 is 2.22 bits per heavy atom. The van der Waals surface area contributed by atoms with Gasteiger partial charge >= 0.3 is 0 Å². The van der Waals surface area contributed by atoms with Crippen LogP contribution in [0.25, 0.3) is 0 Å². The Morgan fingerprint density at radius 1 is 1.50 bits per heavy atom. The highest BCUT2D eigenvalue weighted by molar-refractivity contribution is 5.95. The quantitative estimate of drug-likeness (QED) is 0.838. The van der Waals surface area contributed by atoms with E-state index < -0.39 is 0 Å². The van der Waals surface area contributed by atoms with Crippen LogP contribution < -0.4 is 10.6 Å². The Morgan fingerprint density at radius 3 is 2.78 bits per heavy atom. The molecule has 2 N–H and O–H groups in total. The lowest BCUT2D eigenvalue weighted by Gasteiger charge is -2.08. The van der Waals surface area contributed by atoms with Gasteiger partial charge in [-0.2, -0.15) is 0 Å². The Balaban J connectivity index is 2.14. The number of aromatic nitrogens is 1. The second kappa shape index (κ2) is 5.38. The minimum absolute atomic E-state index is 0.0144. The molecule has 2 unspecified atom stereocenters. The molecule has 2 atom stereocenters. The van der Waals surface area contributed by atoms with Gasteiger partial charge in [0.2, 0.25) is 0 Å². The molecule has 1 aliphatic rings. The third kappa shape index (κ3) is 3.00. The minimum atomic E-state index is 0.0144. The van der Waals surface area contributed by atoms with Crippen LogP contribution in [0.4, 0.5) is 5.82 Å². The van der Waals surface area contributed by atoms with Crippen LogP contribution in [0.1, 0.15) is 42.7 Å². The van der Waals surface area contributed by atoms with E-state index in [4.69, 9.17) is 0 Å². The molecule has 0 saturated heterocycles. The normalized spacial score (nSPS) is 21.5. The third-order valence-electron chi connectivity index (χ3n) is 3.33. The van der Waals surface area contributed by atoms with Gasteiger partial charge in [-0.3, -0.25) is 4.79 Å². The van der Waals surface area contributed by atoms with Gasteiger partial charge in [-0.15, -0.1) is 0 Å². The number of anilines is 1. The van der Waals surface area contributed by atoms with Gasteiger partial charge in [0.1, 0.15) is 5.82 Å². The molecule has 0 radical (unpaired) electrons. The summed E-state index contributed by atoms with van der Waals surface area (Å²) < 4.78 is 0. The minimum Gasteiger partial charge on any atom is -0.373 e. The molecule has 4 heteroatoms. The van der Waals surface area contributed by atoms with E-state index in [2.05, 4.69) is 29.5 Å². The van der Waals surface area contributed by atoms with E-state index in [0.29, 0.717) is 17.5 Å². The van der Waals surface area contributed by atoms with Crippen molar-refractivity contribution in [3.05, 3.63) is 23.4 Å². The fraction of sp³-hybridized carbons (Fsp3) is 0.571. The first-order valence-corrected chi connectivity index (χ1v) is 6.63. The summed E-state index contributed by atoms with van der Waals surface area (Å²) >= 11 is 0. The number of carbonyl (C=O) groups is 1. The first-order chi connectivity index (χ1) is 8.63. The van der Waals surface area contributed by atoms with Crippen molar-refractivity contribution in [1.82, 2.24) is 10.3 Å². The van der Waals surface area contributed by atoms with Gasteiger partial charge in [-0.1, -0.05) is 20.3 Å². The molecular weight excluding hydrogens is 226 g/mol. The lowest BCUT2D eigenvalue weighted by Crippen LogP contribution is -2.26. The Hall–Kier alpha value is -1.58. The average Bonchev–Trinajstić information content (AvgIpc) is 3.04. The van der Waals surface area contributed by atoms with E-state index in [0.717, 1.165) is 30.8 Å². The second-order valence-corrected chi connectivity index (χ2v) is 5.03. The predicted molar refractivity (Wildman–Crippen MR) is 72.8 cm³/mol. The predicted octanol–water partition coefficient (Wildman–Crippen LogP) is 2.21. The number of amides is 1. The molecule has 0 aromatic carbocycles. The van der Waals surface area contributed by atoms with Crippen molar-refractivity contribution in [1.29, 1.82) is 0 Å². The zero-order valence-electron chi connectivity index (χ0n) is 11.3. The Bertz CT molecular complexity index is 445. The molecule has 0 aliphatic heterocycles. The molecular formula is C14H21N3O. The van der Waals surface area contributed by atoms with Crippen LogP contribution in [-0.4, -0.2) is 24.0 Å². The maximum absolute atomic E-state index is 12.1. The van der Waals surface area contributed by atoms with Crippen LogP contribution in [-0.2, 0) is 6.42 Å². The molecule has 1 heterocycles. The first-order valence-electron chi connectivity index (χ1n) is 6.63. The van der Waals surface area contributed by atoms with Gasteiger partial charge in [-0.25, -0.2) is 4.98 Å². The van der Waals surface area contributed by atoms with Crippen LogP contribution in [0.5, 0.6) is 0 Å². The average molecular weight is 247 g/mol. The van der Waals surface area contributed by atoms with Crippen molar-refractivity contribution in [2.24, 2.45) is 5.92 Å². The van der Waals surface area contributed by atoms with E-state index in [-0.39, 0.29) is 5.91 Å². The number of pyridine rings is 1. The van der Waals surface area contributed by atoms with Gasteiger partial charge in [0.25, 0.3) is 5.91 Å². The molecule has 18 heavy (non-hydrogen) atoms. The van der Waals surface area contributed by atoms with E-state index >= 15 is 0 Å². The fourth-order valence-electron chi connectivity index (χ4n) is 2.01. The van der Waals surface area contributed by atoms with Gasteiger partial charge in [0, 0.05) is 24.3 Å². The van der Waals surface area contributed by atoms with Crippen LogP contribution >= 0.6 is 0 Å². The summed E-state index contributed by atoms with van der Waals surface area (Å²) in [6.07, 6.45) is 3.02.